The molecule has 1 aromatic rings. The number of carboxylic acid groups (broad SMARTS) is 1. The standard InChI is InChI=1S/C18H22F3NO5/c1-11-2-5-13(26-11)8-9-16(23)22-15(10-17(24)25)12-3-6-14(7-4-12)27-18(19,20)21/h3-4,6-7,11,13,15H,2,5,8-10H2,1H3,(H,22,23)(H,24,25). The van der Waals surface area contributed by atoms with Gasteiger partial charge in [0.1, 0.15) is 5.75 Å². The highest BCUT2D eigenvalue weighted by Crippen LogP contribution is 2.26. The maximum Gasteiger partial charge on any atom is 0.573 e. The molecule has 9 heteroatoms. The predicted octanol–water partition coefficient (Wildman–Crippen LogP) is 3.56. The fourth-order valence-corrected chi connectivity index (χ4v) is 2.98. The van der Waals surface area contributed by atoms with Gasteiger partial charge in [0.05, 0.1) is 24.7 Å². The van der Waals surface area contributed by atoms with Crippen molar-refractivity contribution in [3.05, 3.63) is 29.8 Å². The Bertz CT molecular complexity index is 647. The van der Waals surface area contributed by atoms with Crippen LogP contribution in [0, 0.1) is 0 Å². The van der Waals surface area contributed by atoms with Crippen molar-refractivity contribution >= 4 is 11.9 Å². The van der Waals surface area contributed by atoms with Gasteiger partial charge in [-0.15, -0.1) is 13.2 Å². The van der Waals surface area contributed by atoms with Crippen LogP contribution < -0.4 is 10.1 Å². The summed E-state index contributed by atoms with van der Waals surface area (Å²) < 4.78 is 46.1. The second-order valence-electron chi connectivity index (χ2n) is 6.52. The number of ether oxygens (including phenoxy) is 2. The fourth-order valence-electron chi connectivity index (χ4n) is 2.98. The summed E-state index contributed by atoms with van der Waals surface area (Å²) in [6, 6.07) is 3.92. The van der Waals surface area contributed by atoms with Crippen molar-refractivity contribution in [1.82, 2.24) is 5.32 Å². The van der Waals surface area contributed by atoms with E-state index >= 15 is 0 Å². The minimum atomic E-state index is -4.81. The first-order valence-electron chi connectivity index (χ1n) is 8.64. The molecule has 1 aromatic carbocycles. The predicted molar refractivity (Wildman–Crippen MR) is 89.1 cm³/mol. The first-order chi connectivity index (χ1) is 12.6. The summed E-state index contributed by atoms with van der Waals surface area (Å²) in [6.07, 6.45) is -2.46. The lowest BCUT2D eigenvalue weighted by atomic mass is 10.0. The van der Waals surface area contributed by atoms with Crippen molar-refractivity contribution in [2.45, 2.75) is 63.6 Å². The second kappa shape index (κ2) is 9.07. The zero-order valence-corrected chi connectivity index (χ0v) is 14.8. The van der Waals surface area contributed by atoms with E-state index in [4.69, 9.17) is 9.84 Å². The van der Waals surface area contributed by atoms with Crippen molar-refractivity contribution < 1.29 is 37.3 Å². The van der Waals surface area contributed by atoms with Crippen molar-refractivity contribution in [2.24, 2.45) is 0 Å². The third-order valence-electron chi connectivity index (χ3n) is 4.24. The van der Waals surface area contributed by atoms with E-state index in [1.54, 1.807) is 0 Å². The molecule has 0 aliphatic carbocycles. The van der Waals surface area contributed by atoms with Crippen LogP contribution in [0.3, 0.4) is 0 Å². The molecule has 0 radical (unpaired) electrons. The highest BCUT2D eigenvalue weighted by Gasteiger charge is 2.31. The summed E-state index contributed by atoms with van der Waals surface area (Å²) in [4.78, 5) is 23.2. The normalized spacial score (nSPS) is 20.9. The van der Waals surface area contributed by atoms with Crippen molar-refractivity contribution in [1.29, 1.82) is 0 Å². The first-order valence-corrected chi connectivity index (χ1v) is 8.64. The molecular weight excluding hydrogens is 367 g/mol. The number of halogens is 3. The van der Waals surface area contributed by atoms with E-state index in [9.17, 15) is 22.8 Å². The average molecular weight is 389 g/mol. The Hall–Kier alpha value is -2.29. The average Bonchev–Trinajstić information content (AvgIpc) is 2.97. The highest BCUT2D eigenvalue weighted by atomic mass is 19.4. The molecule has 27 heavy (non-hydrogen) atoms. The number of carbonyl (C=O) groups excluding carboxylic acids is 1. The molecule has 150 valence electrons. The Labute approximate surface area is 154 Å². The summed E-state index contributed by atoms with van der Waals surface area (Å²) in [5.74, 6) is -1.89. The molecule has 2 rings (SSSR count). The van der Waals surface area contributed by atoms with Gasteiger partial charge >= 0.3 is 12.3 Å². The number of rotatable bonds is 8. The number of carbonyl (C=O) groups is 2. The quantitative estimate of drug-likeness (QED) is 0.710. The molecule has 3 atom stereocenters. The van der Waals surface area contributed by atoms with E-state index in [0.29, 0.717) is 12.0 Å². The molecule has 1 saturated heterocycles. The summed E-state index contributed by atoms with van der Waals surface area (Å²) in [5, 5.41) is 11.7. The summed E-state index contributed by atoms with van der Waals surface area (Å²) >= 11 is 0. The van der Waals surface area contributed by atoms with Crippen molar-refractivity contribution in [2.75, 3.05) is 0 Å². The molecule has 1 aliphatic rings. The second-order valence-corrected chi connectivity index (χ2v) is 6.52. The molecule has 6 nitrogen and oxygen atoms in total. The molecule has 1 heterocycles. The van der Waals surface area contributed by atoms with Gasteiger partial charge in [-0.3, -0.25) is 9.59 Å². The summed E-state index contributed by atoms with van der Waals surface area (Å²) in [7, 11) is 0. The van der Waals surface area contributed by atoms with Gasteiger partial charge in [-0.05, 0) is 43.9 Å². The zero-order chi connectivity index (χ0) is 20.0. The maximum absolute atomic E-state index is 12.2. The van der Waals surface area contributed by atoms with Crippen LogP contribution >= 0.6 is 0 Å². The van der Waals surface area contributed by atoms with Crippen molar-refractivity contribution in [3.63, 3.8) is 0 Å². The lowest BCUT2D eigenvalue weighted by Gasteiger charge is -2.19. The minimum absolute atomic E-state index is 0.0162. The highest BCUT2D eigenvalue weighted by molar-refractivity contribution is 5.77. The molecule has 0 aromatic heterocycles. The van der Waals surface area contributed by atoms with Gasteiger partial charge < -0.3 is 19.9 Å². The third-order valence-corrected chi connectivity index (χ3v) is 4.24. The topological polar surface area (TPSA) is 84.9 Å². The number of nitrogens with one attached hydrogen (secondary N) is 1. The molecule has 0 spiro atoms. The number of aliphatic carboxylic acids is 1. The monoisotopic (exact) mass is 389 g/mol. The zero-order valence-electron chi connectivity index (χ0n) is 14.8. The Morgan fingerprint density at radius 1 is 1.30 bits per heavy atom. The number of hydrogen-bond donors (Lipinski definition) is 2. The van der Waals surface area contributed by atoms with Crippen LogP contribution in [0.1, 0.15) is 50.6 Å². The third kappa shape index (κ3) is 7.46. The lowest BCUT2D eigenvalue weighted by Crippen LogP contribution is -2.30. The number of carboxylic acids is 1. The van der Waals surface area contributed by atoms with Gasteiger partial charge in [0.2, 0.25) is 5.91 Å². The fraction of sp³-hybridized carbons (Fsp3) is 0.556. The van der Waals surface area contributed by atoms with Crippen LogP contribution in [0.4, 0.5) is 13.2 Å². The Morgan fingerprint density at radius 3 is 2.48 bits per heavy atom. The molecule has 3 unspecified atom stereocenters. The SMILES string of the molecule is CC1CCC(CCC(=O)NC(CC(=O)O)c2ccc(OC(F)(F)F)cc2)O1. The van der Waals surface area contributed by atoms with Crippen LogP contribution in [0.5, 0.6) is 5.75 Å². The molecule has 2 N–H and O–H groups in total. The summed E-state index contributed by atoms with van der Waals surface area (Å²) in [5.41, 5.74) is 0.381. The first kappa shape index (κ1) is 21.0. The van der Waals surface area contributed by atoms with E-state index in [2.05, 4.69) is 10.1 Å². The smallest absolute Gasteiger partial charge is 0.481 e. The van der Waals surface area contributed by atoms with Crippen LogP contribution in [-0.4, -0.2) is 35.6 Å². The van der Waals surface area contributed by atoms with Crippen LogP contribution in [0.15, 0.2) is 24.3 Å². The van der Waals surface area contributed by atoms with E-state index in [0.717, 1.165) is 25.0 Å². The summed E-state index contributed by atoms with van der Waals surface area (Å²) in [6.45, 7) is 1.97. The van der Waals surface area contributed by atoms with E-state index in [1.807, 2.05) is 6.92 Å². The van der Waals surface area contributed by atoms with Crippen LogP contribution in [0.2, 0.25) is 0 Å². The molecule has 0 bridgehead atoms. The maximum atomic E-state index is 12.2. The Balaban J connectivity index is 1.95. The minimum Gasteiger partial charge on any atom is -0.481 e. The number of amides is 1. The van der Waals surface area contributed by atoms with Gasteiger partial charge in [0.15, 0.2) is 0 Å². The van der Waals surface area contributed by atoms with E-state index in [1.165, 1.54) is 12.1 Å². The lowest BCUT2D eigenvalue weighted by molar-refractivity contribution is -0.274. The van der Waals surface area contributed by atoms with E-state index < -0.39 is 24.1 Å². The number of benzene rings is 1. The molecule has 1 aliphatic heterocycles. The Kier molecular flexibility index (Phi) is 7.06. The molecule has 0 saturated carbocycles. The van der Waals surface area contributed by atoms with E-state index in [-0.39, 0.29) is 31.0 Å². The number of hydrogen-bond acceptors (Lipinski definition) is 4. The number of alkyl halides is 3. The van der Waals surface area contributed by atoms with Crippen molar-refractivity contribution in [3.8, 4) is 5.75 Å². The van der Waals surface area contributed by atoms with Gasteiger partial charge in [0, 0.05) is 6.42 Å². The van der Waals surface area contributed by atoms with Crippen LogP contribution in [-0.2, 0) is 14.3 Å². The van der Waals surface area contributed by atoms with Gasteiger partial charge in [-0.2, -0.15) is 0 Å². The molecule has 1 amide bonds. The molecule has 1 fully saturated rings. The van der Waals surface area contributed by atoms with Gasteiger partial charge in [0.25, 0.3) is 0 Å². The Morgan fingerprint density at radius 2 is 1.96 bits per heavy atom. The molecular formula is C18H22F3NO5. The largest absolute Gasteiger partial charge is 0.573 e. The van der Waals surface area contributed by atoms with Crippen LogP contribution in [0.25, 0.3) is 0 Å². The van der Waals surface area contributed by atoms with Gasteiger partial charge in [-0.1, -0.05) is 12.1 Å². The van der Waals surface area contributed by atoms with Gasteiger partial charge in [-0.25, -0.2) is 0 Å².